The van der Waals surface area contributed by atoms with Gasteiger partial charge in [0, 0.05) is 0 Å². The first-order chi connectivity index (χ1) is 8.69. The Balaban J connectivity index is 0.000000111. The highest BCUT2D eigenvalue weighted by Crippen LogP contribution is 2.51. The Hall–Kier alpha value is 0. The van der Waals surface area contributed by atoms with Crippen LogP contribution < -0.4 is 0 Å². The first kappa shape index (κ1) is 13.0. The summed E-state index contributed by atoms with van der Waals surface area (Å²) in [6, 6.07) is 0. The van der Waals surface area contributed by atoms with E-state index >= 15 is 0 Å². The third-order valence-electron chi connectivity index (χ3n) is 7.24. The van der Waals surface area contributed by atoms with Gasteiger partial charge in [0.25, 0.3) is 0 Å². The van der Waals surface area contributed by atoms with Crippen LogP contribution in [0, 0.1) is 41.4 Å². The summed E-state index contributed by atoms with van der Waals surface area (Å²) in [5, 5.41) is 0. The van der Waals surface area contributed by atoms with Crippen molar-refractivity contribution >= 4 is 0 Å². The molecule has 6 unspecified atom stereocenters. The molecule has 0 nitrogen and oxygen atoms in total. The summed E-state index contributed by atoms with van der Waals surface area (Å²) >= 11 is 0. The summed E-state index contributed by atoms with van der Waals surface area (Å²) in [7, 11) is 0. The lowest BCUT2D eigenvalue weighted by Crippen LogP contribution is -2.15. The van der Waals surface area contributed by atoms with Gasteiger partial charge in [-0.1, -0.05) is 33.6 Å². The molecule has 0 saturated heterocycles. The average molecular weight is 248 g/mol. The molecule has 0 heteroatoms. The molecule has 4 saturated carbocycles. The van der Waals surface area contributed by atoms with Crippen LogP contribution in [0.3, 0.4) is 0 Å². The van der Waals surface area contributed by atoms with E-state index in [1.54, 1.807) is 32.1 Å². The second kappa shape index (κ2) is 5.17. The van der Waals surface area contributed by atoms with Gasteiger partial charge in [-0.2, -0.15) is 0 Å². The molecule has 4 bridgehead atoms. The van der Waals surface area contributed by atoms with Gasteiger partial charge in [-0.05, 0) is 80.0 Å². The molecule has 104 valence electrons. The van der Waals surface area contributed by atoms with Gasteiger partial charge in [-0.25, -0.2) is 0 Å². The van der Waals surface area contributed by atoms with Crippen LogP contribution in [-0.2, 0) is 0 Å². The van der Waals surface area contributed by atoms with Crippen LogP contribution in [0.15, 0.2) is 0 Å². The Morgan fingerprint density at radius 2 is 1.33 bits per heavy atom. The minimum atomic E-state index is 1.05. The predicted molar refractivity (Wildman–Crippen MR) is 78.4 cm³/mol. The molecule has 0 radical (unpaired) electrons. The lowest BCUT2D eigenvalue weighted by molar-refractivity contribution is 0.259. The highest BCUT2D eigenvalue weighted by Gasteiger charge is 2.42. The van der Waals surface area contributed by atoms with Crippen molar-refractivity contribution in [3.05, 3.63) is 0 Å². The fourth-order valence-electron chi connectivity index (χ4n) is 5.74. The molecule has 0 aromatic heterocycles. The maximum atomic E-state index is 2.44. The summed E-state index contributed by atoms with van der Waals surface area (Å²) < 4.78 is 0. The quantitative estimate of drug-likeness (QED) is 0.573. The van der Waals surface area contributed by atoms with Gasteiger partial charge >= 0.3 is 0 Å². The summed E-state index contributed by atoms with van der Waals surface area (Å²) in [5.74, 6) is 7.76. The van der Waals surface area contributed by atoms with Crippen LogP contribution in [0.4, 0.5) is 0 Å². The van der Waals surface area contributed by atoms with Crippen molar-refractivity contribution < 1.29 is 0 Å². The van der Waals surface area contributed by atoms with Crippen LogP contribution in [0.5, 0.6) is 0 Å². The highest BCUT2D eigenvalue weighted by atomic mass is 14.5. The Labute approximate surface area is 114 Å². The molecule has 4 fully saturated rings. The van der Waals surface area contributed by atoms with E-state index in [2.05, 4.69) is 20.8 Å². The SMILES string of the molecule is CC1C2CCC(C2)[C@H]1C.CCC1CC2CCC1C2. The number of rotatable bonds is 1. The molecule has 0 aromatic carbocycles. The van der Waals surface area contributed by atoms with E-state index in [0.29, 0.717) is 0 Å². The first-order valence-corrected chi connectivity index (χ1v) is 8.69. The Kier molecular flexibility index (Phi) is 3.74. The van der Waals surface area contributed by atoms with Crippen molar-refractivity contribution in [1.82, 2.24) is 0 Å². The van der Waals surface area contributed by atoms with Gasteiger partial charge < -0.3 is 0 Å². The zero-order valence-corrected chi connectivity index (χ0v) is 12.7. The van der Waals surface area contributed by atoms with Crippen molar-refractivity contribution in [2.45, 2.75) is 72.1 Å². The molecule has 4 rings (SSSR count). The van der Waals surface area contributed by atoms with E-state index in [1.165, 1.54) is 19.3 Å². The van der Waals surface area contributed by atoms with Crippen LogP contribution in [0.25, 0.3) is 0 Å². The van der Waals surface area contributed by atoms with Crippen molar-refractivity contribution in [1.29, 1.82) is 0 Å². The zero-order valence-electron chi connectivity index (χ0n) is 12.7. The van der Waals surface area contributed by atoms with E-state index in [1.807, 2.05) is 0 Å². The van der Waals surface area contributed by atoms with E-state index in [-0.39, 0.29) is 0 Å². The summed E-state index contributed by atoms with van der Waals surface area (Å²) in [4.78, 5) is 0. The molecule has 0 aromatic rings. The normalized spacial score (nSPS) is 52.5. The third kappa shape index (κ3) is 2.25. The Morgan fingerprint density at radius 1 is 0.722 bits per heavy atom. The fourth-order valence-corrected chi connectivity index (χ4v) is 5.74. The third-order valence-corrected chi connectivity index (χ3v) is 7.24. The van der Waals surface area contributed by atoms with Gasteiger partial charge in [0.2, 0.25) is 0 Å². The topological polar surface area (TPSA) is 0 Å². The molecule has 0 spiro atoms. The second-order valence-corrected chi connectivity index (χ2v) is 7.89. The highest BCUT2D eigenvalue weighted by molar-refractivity contribution is 4.92. The summed E-state index contributed by atoms with van der Waals surface area (Å²) in [6.07, 6.45) is 12.3. The zero-order chi connectivity index (χ0) is 12.7. The van der Waals surface area contributed by atoms with Crippen molar-refractivity contribution in [3.8, 4) is 0 Å². The number of fused-ring (bicyclic) bond motifs is 4. The molecular formula is C18H32. The Morgan fingerprint density at radius 3 is 1.61 bits per heavy atom. The van der Waals surface area contributed by atoms with Crippen molar-refractivity contribution in [3.63, 3.8) is 0 Å². The summed E-state index contributed by atoms with van der Waals surface area (Å²) in [5.41, 5.74) is 0. The van der Waals surface area contributed by atoms with E-state index in [0.717, 1.165) is 41.4 Å². The van der Waals surface area contributed by atoms with Gasteiger partial charge in [-0.3, -0.25) is 0 Å². The molecular weight excluding hydrogens is 216 g/mol. The van der Waals surface area contributed by atoms with Crippen LogP contribution in [-0.4, -0.2) is 0 Å². The minimum Gasteiger partial charge on any atom is -0.0651 e. The standard InChI is InChI=1S/2C9H16/c1-6-7(2)9-4-3-8(6)5-9;1-2-8-5-7-3-4-9(8)6-7/h6-9H,3-5H2,1-2H3;7-9H,2-6H2,1H3/t6-,7?,8?,9?;/m0./s1. The minimum absolute atomic E-state index is 1.05. The maximum Gasteiger partial charge on any atom is -0.0383 e. The first-order valence-electron chi connectivity index (χ1n) is 8.69. The molecule has 0 amide bonds. The lowest BCUT2D eigenvalue weighted by atomic mass is 9.82. The van der Waals surface area contributed by atoms with E-state index in [4.69, 9.17) is 0 Å². The fraction of sp³-hybridized carbons (Fsp3) is 1.00. The van der Waals surface area contributed by atoms with Gasteiger partial charge in [-0.15, -0.1) is 0 Å². The monoisotopic (exact) mass is 248 g/mol. The van der Waals surface area contributed by atoms with Gasteiger partial charge in [0.15, 0.2) is 0 Å². The van der Waals surface area contributed by atoms with Gasteiger partial charge in [0.1, 0.15) is 0 Å². The summed E-state index contributed by atoms with van der Waals surface area (Å²) in [6.45, 7) is 7.23. The maximum absolute atomic E-state index is 2.44. The Bertz CT molecular complexity index is 258. The van der Waals surface area contributed by atoms with Gasteiger partial charge in [0.05, 0.1) is 0 Å². The lowest BCUT2D eigenvalue weighted by Gasteiger charge is -2.24. The van der Waals surface area contributed by atoms with Crippen LogP contribution in [0.2, 0.25) is 0 Å². The smallest absolute Gasteiger partial charge is 0.0383 e. The molecule has 0 heterocycles. The molecule has 0 aliphatic heterocycles. The predicted octanol–water partition coefficient (Wildman–Crippen LogP) is 5.52. The number of hydrogen-bond donors (Lipinski definition) is 0. The molecule has 4 aliphatic rings. The van der Waals surface area contributed by atoms with E-state index < -0.39 is 0 Å². The molecule has 0 N–H and O–H groups in total. The van der Waals surface area contributed by atoms with E-state index in [9.17, 15) is 0 Å². The number of hydrogen-bond acceptors (Lipinski definition) is 0. The second-order valence-electron chi connectivity index (χ2n) is 7.89. The van der Waals surface area contributed by atoms with Crippen molar-refractivity contribution in [2.75, 3.05) is 0 Å². The molecule has 18 heavy (non-hydrogen) atoms. The molecule has 7 atom stereocenters. The van der Waals surface area contributed by atoms with Crippen LogP contribution >= 0.6 is 0 Å². The average Bonchev–Trinajstić information content (AvgIpc) is 3.13. The van der Waals surface area contributed by atoms with Crippen molar-refractivity contribution in [2.24, 2.45) is 41.4 Å². The van der Waals surface area contributed by atoms with Crippen LogP contribution in [0.1, 0.15) is 72.1 Å². The molecule has 4 aliphatic carbocycles. The largest absolute Gasteiger partial charge is 0.0651 e.